The average Bonchev–Trinajstić information content (AvgIpc) is 2.52. The van der Waals surface area contributed by atoms with Crippen LogP contribution >= 0.6 is 0 Å². The van der Waals surface area contributed by atoms with Gasteiger partial charge in [0.25, 0.3) is 0 Å². The quantitative estimate of drug-likeness (QED) is 0.715. The first-order valence-electron chi connectivity index (χ1n) is 9.09. The third-order valence-electron chi connectivity index (χ3n) is 4.87. The summed E-state index contributed by atoms with van der Waals surface area (Å²) in [5, 5.41) is 24.5. The summed E-state index contributed by atoms with van der Waals surface area (Å²) >= 11 is 0. The summed E-state index contributed by atoms with van der Waals surface area (Å²) in [6.07, 6.45) is 0.110. The number of hydrogen-bond donors (Lipinski definition) is 3. The molecule has 0 spiro atoms. The second kappa shape index (κ2) is 7.61. The molecule has 0 bridgehead atoms. The monoisotopic (exact) mass is 347 g/mol. The fourth-order valence-corrected chi connectivity index (χ4v) is 3.77. The Bertz CT molecular complexity index is 702. The predicted molar refractivity (Wildman–Crippen MR) is 99.6 cm³/mol. The molecule has 25 heavy (non-hydrogen) atoms. The maximum Gasteiger partial charge on any atom is 0.126 e. The van der Waals surface area contributed by atoms with Crippen LogP contribution in [0.25, 0.3) is 0 Å². The van der Waals surface area contributed by atoms with Crippen molar-refractivity contribution in [3.63, 3.8) is 0 Å². The van der Waals surface area contributed by atoms with E-state index in [1.165, 1.54) is 6.07 Å². The van der Waals surface area contributed by atoms with Crippen LogP contribution < -0.4 is 5.32 Å². The Morgan fingerprint density at radius 1 is 1.08 bits per heavy atom. The van der Waals surface area contributed by atoms with E-state index in [-0.39, 0.29) is 23.5 Å². The lowest BCUT2D eigenvalue weighted by molar-refractivity contribution is 0.219. The van der Waals surface area contributed by atoms with E-state index in [4.69, 9.17) is 0 Å². The minimum Gasteiger partial charge on any atom is -0.508 e. The smallest absolute Gasteiger partial charge is 0.126 e. The number of hydrogen-bond acceptors (Lipinski definition) is 3. The van der Waals surface area contributed by atoms with Crippen molar-refractivity contribution in [1.29, 1.82) is 0 Å². The van der Waals surface area contributed by atoms with E-state index in [1.54, 1.807) is 13.0 Å². The Labute approximate surface area is 150 Å². The van der Waals surface area contributed by atoms with Crippen molar-refractivity contribution in [1.82, 2.24) is 5.32 Å². The van der Waals surface area contributed by atoms with Crippen LogP contribution in [0.4, 0.5) is 4.39 Å². The summed E-state index contributed by atoms with van der Waals surface area (Å²) in [4.78, 5) is 0. The zero-order chi connectivity index (χ0) is 18.9. The first-order valence-corrected chi connectivity index (χ1v) is 9.09. The Morgan fingerprint density at radius 2 is 1.68 bits per heavy atom. The molecule has 0 aliphatic carbocycles. The van der Waals surface area contributed by atoms with Gasteiger partial charge in [0, 0.05) is 28.9 Å². The van der Waals surface area contributed by atoms with Crippen LogP contribution in [-0.2, 0) is 0 Å². The molecule has 2 rings (SSSR count). The average molecular weight is 347 g/mol. The maximum absolute atomic E-state index is 13.5. The number of phenols is 1. The van der Waals surface area contributed by atoms with Crippen LogP contribution in [0, 0.1) is 17.7 Å². The summed E-state index contributed by atoms with van der Waals surface area (Å²) in [5.74, 6) is -0.303. The number of halogens is 1. The summed E-state index contributed by atoms with van der Waals surface area (Å²) in [6.45, 7) is 12.3. The van der Waals surface area contributed by atoms with Gasteiger partial charge in [0.05, 0.1) is 6.10 Å². The third kappa shape index (κ3) is 3.74. The summed E-state index contributed by atoms with van der Waals surface area (Å²) in [7, 11) is 0. The van der Waals surface area contributed by atoms with Crippen molar-refractivity contribution in [3.8, 4) is 5.75 Å². The molecule has 2 atom stereocenters. The second-order valence-electron chi connectivity index (χ2n) is 7.41. The predicted octanol–water partition coefficient (Wildman–Crippen LogP) is 4.83. The van der Waals surface area contributed by atoms with Gasteiger partial charge in [0.1, 0.15) is 11.6 Å². The molecule has 1 aromatic carbocycles. The first kappa shape index (κ1) is 19.5. The molecule has 0 radical (unpaired) electrons. The number of aromatic hydroxyl groups is 1. The topological polar surface area (TPSA) is 52.5 Å². The third-order valence-corrected chi connectivity index (χ3v) is 4.87. The molecule has 1 aromatic rings. The lowest BCUT2D eigenvalue weighted by Gasteiger charge is -2.38. The molecular weight excluding hydrogens is 317 g/mol. The van der Waals surface area contributed by atoms with Gasteiger partial charge in [-0.25, -0.2) is 4.39 Å². The van der Waals surface area contributed by atoms with Crippen LogP contribution in [0.1, 0.15) is 59.4 Å². The molecule has 138 valence electrons. The number of dihydropyridines is 1. The number of phenolic OH excluding ortho intramolecular Hbond substituents is 1. The number of allylic oxidation sites excluding steroid dienone is 3. The van der Waals surface area contributed by atoms with Crippen molar-refractivity contribution in [2.75, 3.05) is 0 Å². The summed E-state index contributed by atoms with van der Waals surface area (Å²) in [6, 6.07) is 4.15. The molecule has 1 heterocycles. The van der Waals surface area contributed by atoms with Crippen LogP contribution in [0.2, 0.25) is 0 Å². The fourth-order valence-electron chi connectivity index (χ4n) is 3.77. The molecule has 1 aliphatic rings. The van der Waals surface area contributed by atoms with Crippen LogP contribution in [0.3, 0.4) is 0 Å². The molecule has 0 saturated carbocycles. The van der Waals surface area contributed by atoms with Crippen molar-refractivity contribution in [2.45, 2.75) is 60.0 Å². The number of nitrogens with one attached hydrogen (secondary N) is 1. The SMILES string of the molecule is CCC1=C(C(C)C)NC(C(C)C)=C([C@H](C)O)[C@H]1c1ccc(F)cc1O. The Morgan fingerprint density at radius 3 is 2.12 bits per heavy atom. The van der Waals surface area contributed by atoms with E-state index in [0.717, 1.165) is 35.0 Å². The van der Waals surface area contributed by atoms with Crippen LogP contribution in [0.5, 0.6) is 5.75 Å². The number of aliphatic hydroxyl groups excluding tert-OH is 1. The van der Waals surface area contributed by atoms with E-state index in [9.17, 15) is 14.6 Å². The molecule has 0 aromatic heterocycles. The molecule has 0 amide bonds. The Balaban J connectivity index is 2.79. The van der Waals surface area contributed by atoms with Crippen molar-refractivity contribution in [3.05, 3.63) is 52.1 Å². The van der Waals surface area contributed by atoms with Crippen molar-refractivity contribution < 1.29 is 14.6 Å². The molecule has 0 unspecified atom stereocenters. The highest BCUT2D eigenvalue weighted by molar-refractivity contribution is 5.52. The zero-order valence-corrected chi connectivity index (χ0v) is 16.0. The van der Waals surface area contributed by atoms with Crippen LogP contribution in [-0.4, -0.2) is 16.3 Å². The molecule has 3 N–H and O–H groups in total. The second-order valence-corrected chi connectivity index (χ2v) is 7.41. The van der Waals surface area contributed by atoms with E-state index in [0.29, 0.717) is 5.56 Å². The van der Waals surface area contributed by atoms with Gasteiger partial charge in [-0.1, -0.05) is 40.7 Å². The molecular formula is C21H30FNO2. The number of rotatable bonds is 5. The van der Waals surface area contributed by atoms with Gasteiger partial charge in [-0.3, -0.25) is 0 Å². The molecule has 4 heteroatoms. The molecule has 0 fully saturated rings. The molecule has 0 saturated heterocycles. The maximum atomic E-state index is 13.5. The summed E-state index contributed by atoms with van der Waals surface area (Å²) < 4.78 is 13.5. The zero-order valence-electron chi connectivity index (χ0n) is 16.0. The van der Waals surface area contributed by atoms with Gasteiger partial charge >= 0.3 is 0 Å². The highest BCUT2D eigenvalue weighted by Gasteiger charge is 2.35. The van der Waals surface area contributed by atoms with Gasteiger partial charge in [-0.2, -0.15) is 0 Å². The van der Waals surface area contributed by atoms with E-state index < -0.39 is 11.9 Å². The standard InChI is InChI=1S/C21H30FNO2/c1-7-15-19(16-9-8-14(22)10-17(16)25)18(13(6)24)21(12(4)5)23-20(15)11(2)3/h8-13,19,23-25H,7H2,1-6H3/t13-,19+/m0/s1. The number of benzene rings is 1. The largest absolute Gasteiger partial charge is 0.508 e. The van der Waals surface area contributed by atoms with Gasteiger partial charge in [-0.15, -0.1) is 0 Å². The molecule has 3 nitrogen and oxygen atoms in total. The lowest BCUT2D eigenvalue weighted by atomic mass is 9.74. The van der Waals surface area contributed by atoms with Gasteiger partial charge in [-0.05, 0) is 42.4 Å². The lowest BCUT2D eigenvalue weighted by Crippen LogP contribution is -2.34. The highest BCUT2D eigenvalue weighted by atomic mass is 19.1. The van der Waals surface area contributed by atoms with Crippen molar-refractivity contribution in [2.24, 2.45) is 11.8 Å². The van der Waals surface area contributed by atoms with Gasteiger partial charge < -0.3 is 15.5 Å². The van der Waals surface area contributed by atoms with Gasteiger partial charge in [0.15, 0.2) is 0 Å². The van der Waals surface area contributed by atoms with Crippen LogP contribution in [0.15, 0.2) is 40.7 Å². The highest BCUT2D eigenvalue weighted by Crippen LogP contribution is 2.46. The van der Waals surface area contributed by atoms with E-state index in [1.807, 2.05) is 0 Å². The Hall–Kier alpha value is -1.81. The van der Waals surface area contributed by atoms with Crippen molar-refractivity contribution >= 4 is 0 Å². The Kier molecular flexibility index (Phi) is 5.94. The van der Waals surface area contributed by atoms with E-state index >= 15 is 0 Å². The number of aliphatic hydroxyl groups is 1. The fraction of sp³-hybridized carbons (Fsp3) is 0.524. The minimum atomic E-state index is -0.672. The van der Waals surface area contributed by atoms with Gasteiger partial charge in [0.2, 0.25) is 0 Å². The minimum absolute atomic E-state index is 0.0674. The van der Waals surface area contributed by atoms with E-state index in [2.05, 4.69) is 39.9 Å². The first-order chi connectivity index (χ1) is 11.7. The summed E-state index contributed by atoms with van der Waals surface area (Å²) in [5.41, 5.74) is 4.76. The normalized spacial score (nSPS) is 19.7. The molecule has 1 aliphatic heterocycles.